The van der Waals surface area contributed by atoms with Gasteiger partial charge in [-0.3, -0.25) is 4.79 Å². The van der Waals surface area contributed by atoms with Crippen LogP contribution < -0.4 is 5.32 Å². The SMILES string of the molecule is CC(C)CC(=O)N[C@H](C)c1ccccc1. The van der Waals surface area contributed by atoms with E-state index in [4.69, 9.17) is 0 Å². The molecule has 0 aliphatic carbocycles. The summed E-state index contributed by atoms with van der Waals surface area (Å²) in [6.07, 6.45) is 0.594. The minimum atomic E-state index is 0.0949. The third-order valence-corrected chi connectivity index (χ3v) is 2.27. The lowest BCUT2D eigenvalue weighted by Gasteiger charge is -2.15. The van der Waals surface area contributed by atoms with E-state index < -0.39 is 0 Å². The zero-order chi connectivity index (χ0) is 11.3. The summed E-state index contributed by atoms with van der Waals surface area (Å²) in [4.78, 5) is 11.5. The van der Waals surface area contributed by atoms with E-state index in [1.54, 1.807) is 0 Å². The van der Waals surface area contributed by atoms with Gasteiger partial charge in [-0.2, -0.15) is 0 Å². The normalized spacial score (nSPS) is 12.5. The summed E-state index contributed by atoms with van der Waals surface area (Å²) in [6, 6.07) is 10.1. The summed E-state index contributed by atoms with van der Waals surface area (Å²) in [7, 11) is 0. The maximum absolute atomic E-state index is 11.5. The first-order chi connectivity index (χ1) is 7.09. The lowest BCUT2D eigenvalue weighted by atomic mass is 10.1. The summed E-state index contributed by atoms with van der Waals surface area (Å²) in [6.45, 7) is 6.10. The molecule has 0 aromatic heterocycles. The van der Waals surface area contributed by atoms with Crippen LogP contribution in [0.2, 0.25) is 0 Å². The molecule has 0 aliphatic rings. The first-order valence-electron chi connectivity index (χ1n) is 5.44. The molecule has 15 heavy (non-hydrogen) atoms. The van der Waals surface area contributed by atoms with E-state index >= 15 is 0 Å². The third kappa shape index (κ3) is 4.15. The number of nitrogens with one attached hydrogen (secondary N) is 1. The second-order valence-corrected chi connectivity index (χ2v) is 4.30. The Kier molecular flexibility index (Phi) is 4.35. The second-order valence-electron chi connectivity index (χ2n) is 4.30. The monoisotopic (exact) mass is 205 g/mol. The summed E-state index contributed by atoms with van der Waals surface area (Å²) in [5.74, 6) is 0.536. The molecule has 0 bridgehead atoms. The van der Waals surface area contributed by atoms with E-state index in [2.05, 4.69) is 5.32 Å². The van der Waals surface area contributed by atoms with Crippen molar-refractivity contribution in [3.8, 4) is 0 Å². The average Bonchev–Trinajstić information content (AvgIpc) is 2.17. The van der Waals surface area contributed by atoms with Gasteiger partial charge in [0.05, 0.1) is 6.04 Å². The number of hydrogen-bond donors (Lipinski definition) is 1. The number of carbonyl (C=O) groups excluding carboxylic acids is 1. The molecule has 82 valence electrons. The zero-order valence-electron chi connectivity index (χ0n) is 9.66. The van der Waals surface area contributed by atoms with Crippen molar-refractivity contribution in [3.63, 3.8) is 0 Å². The van der Waals surface area contributed by atoms with Crippen molar-refractivity contribution in [3.05, 3.63) is 35.9 Å². The van der Waals surface area contributed by atoms with Gasteiger partial charge in [0.1, 0.15) is 0 Å². The van der Waals surface area contributed by atoms with E-state index in [9.17, 15) is 4.79 Å². The fraction of sp³-hybridized carbons (Fsp3) is 0.462. The highest BCUT2D eigenvalue weighted by Gasteiger charge is 2.09. The van der Waals surface area contributed by atoms with Crippen LogP contribution in [0.5, 0.6) is 0 Å². The van der Waals surface area contributed by atoms with Crippen molar-refractivity contribution >= 4 is 5.91 Å². The largest absolute Gasteiger partial charge is 0.350 e. The van der Waals surface area contributed by atoms with Crippen molar-refractivity contribution in [2.75, 3.05) is 0 Å². The van der Waals surface area contributed by atoms with Crippen LogP contribution >= 0.6 is 0 Å². The van der Waals surface area contributed by atoms with Gasteiger partial charge in [0.2, 0.25) is 5.91 Å². The molecule has 1 atom stereocenters. The minimum Gasteiger partial charge on any atom is -0.350 e. The van der Waals surface area contributed by atoms with Crippen LogP contribution in [-0.4, -0.2) is 5.91 Å². The highest BCUT2D eigenvalue weighted by atomic mass is 16.1. The first-order valence-corrected chi connectivity index (χ1v) is 5.44. The first kappa shape index (κ1) is 11.8. The summed E-state index contributed by atoms with van der Waals surface area (Å²) in [5.41, 5.74) is 1.15. The molecule has 0 saturated heterocycles. The molecule has 0 spiro atoms. The van der Waals surface area contributed by atoms with Crippen molar-refractivity contribution in [1.29, 1.82) is 0 Å². The molecule has 0 unspecified atom stereocenters. The van der Waals surface area contributed by atoms with Crippen LogP contribution in [0.25, 0.3) is 0 Å². The number of hydrogen-bond acceptors (Lipinski definition) is 1. The molecule has 0 radical (unpaired) electrons. The molecular weight excluding hydrogens is 186 g/mol. The Morgan fingerprint density at radius 3 is 2.33 bits per heavy atom. The zero-order valence-corrected chi connectivity index (χ0v) is 9.66. The highest BCUT2D eigenvalue weighted by Crippen LogP contribution is 2.11. The van der Waals surface area contributed by atoms with E-state index in [-0.39, 0.29) is 11.9 Å². The maximum Gasteiger partial charge on any atom is 0.220 e. The third-order valence-electron chi connectivity index (χ3n) is 2.27. The fourth-order valence-corrected chi connectivity index (χ4v) is 1.50. The fourth-order valence-electron chi connectivity index (χ4n) is 1.50. The lowest BCUT2D eigenvalue weighted by molar-refractivity contribution is -0.122. The van der Waals surface area contributed by atoms with Crippen LogP contribution in [-0.2, 0) is 4.79 Å². The Hall–Kier alpha value is -1.31. The maximum atomic E-state index is 11.5. The topological polar surface area (TPSA) is 29.1 Å². The molecular formula is C13H19NO. The van der Waals surface area contributed by atoms with Gasteiger partial charge in [-0.15, -0.1) is 0 Å². The summed E-state index contributed by atoms with van der Waals surface area (Å²) >= 11 is 0. The van der Waals surface area contributed by atoms with E-state index in [0.29, 0.717) is 12.3 Å². The molecule has 0 fully saturated rings. The lowest BCUT2D eigenvalue weighted by Crippen LogP contribution is -2.27. The molecule has 1 rings (SSSR count). The van der Waals surface area contributed by atoms with Gasteiger partial charge in [0.15, 0.2) is 0 Å². The van der Waals surface area contributed by atoms with E-state index in [1.807, 2.05) is 51.1 Å². The standard InChI is InChI=1S/C13H19NO/c1-10(2)9-13(15)14-11(3)12-7-5-4-6-8-12/h4-8,10-11H,9H2,1-3H3,(H,14,15)/t11-/m1/s1. The van der Waals surface area contributed by atoms with Gasteiger partial charge in [0, 0.05) is 6.42 Å². The quantitative estimate of drug-likeness (QED) is 0.804. The number of carbonyl (C=O) groups is 1. The van der Waals surface area contributed by atoms with Gasteiger partial charge >= 0.3 is 0 Å². The van der Waals surface area contributed by atoms with Gasteiger partial charge in [-0.1, -0.05) is 44.2 Å². The van der Waals surface area contributed by atoms with Crippen molar-refractivity contribution in [2.45, 2.75) is 33.2 Å². The smallest absolute Gasteiger partial charge is 0.220 e. The number of rotatable bonds is 4. The molecule has 0 saturated carbocycles. The van der Waals surface area contributed by atoms with E-state index in [1.165, 1.54) is 0 Å². The number of amides is 1. The van der Waals surface area contributed by atoms with Gasteiger partial charge in [-0.25, -0.2) is 0 Å². The van der Waals surface area contributed by atoms with Crippen molar-refractivity contribution in [2.24, 2.45) is 5.92 Å². The highest BCUT2D eigenvalue weighted by molar-refractivity contribution is 5.76. The van der Waals surface area contributed by atoms with Crippen LogP contribution in [0.1, 0.15) is 38.8 Å². The van der Waals surface area contributed by atoms with Crippen molar-refractivity contribution < 1.29 is 4.79 Å². The molecule has 2 heteroatoms. The minimum absolute atomic E-state index is 0.0949. The number of benzene rings is 1. The molecule has 0 aliphatic heterocycles. The van der Waals surface area contributed by atoms with Gasteiger partial charge in [-0.05, 0) is 18.4 Å². The average molecular weight is 205 g/mol. The van der Waals surface area contributed by atoms with Crippen LogP contribution in [0.3, 0.4) is 0 Å². The summed E-state index contributed by atoms with van der Waals surface area (Å²) < 4.78 is 0. The molecule has 2 nitrogen and oxygen atoms in total. The Labute approximate surface area is 91.7 Å². The van der Waals surface area contributed by atoms with Crippen molar-refractivity contribution in [1.82, 2.24) is 5.32 Å². The van der Waals surface area contributed by atoms with Crippen LogP contribution in [0.15, 0.2) is 30.3 Å². The Balaban J connectivity index is 2.49. The molecule has 1 aromatic rings. The predicted octanol–water partition coefficient (Wildman–Crippen LogP) is 2.91. The van der Waals surface area contributed by atoms with Gasteiger partial charge in [0.25, 0.3) is 0 Å². The van der Waals surface area contributed by atoms with Gasteiger partial charge < -0.3 is 5.32 Å². The van der Waals surface area contributed by atoms with Crippen LogP contribution in [0.4, 0.5) is 0 Å². The Bertz CT molecular complexity index is 306. The second kappa shape index (κ2) is 5.54. The molecule has 0 heterocycles. The molecule has 1 amide bonds. The molecule has 1 aromatic carbocycles. The Morgan fingerprint density at radius 1 is 1.20 bits per heavy atom. The van der Waals surface area contributed by atoms with Crippen LogP contribution in [0, 0.1) is 5.92 Å². The van der Waals surface area contributed by atoms with E-state index in [0.717, 1.165) is 5.56 Å². The Morgan fingerprint density at radius 2 is 1.80 bits per heavy atom. The summed E-state index contributed by atoms with van der Waals surface area (Å²) in [5, 5.41) is 2.99. The predicted molar refractivity (Wildman–Crippen MR) is 62.5 cm³/mol. The molecule has 1 N–H and O–H groups in total.